The van der Waals surface area contributed by atoms with E-state index in [0.29, 0.717) is 37.1 Å². The summed E-state index contributed by atoms with van der Waals surface area (Å²) in [7, 11) is 11.2. The highest BCUT2D eigenvalue weighted by Crippen LogP contribution is 2.22. The van der Waals surface area contributed by atoms with Crippen molar-refractivity contribution in [3.05, 3.63) is 71.8 Å². The molecule has 504 valence electrons. The van der Waals surface area contributed by atoms with Gasteiger partial charge in [0.2, 0.25) is 65.0 Å². The summed E-state index contributed by atoms with van der Waals surface area (Å²) in [6.45, 7) is 14.3. The molecule has 2 aromatic rings. The van der Waals surface area contributed by atoms with Crippen molar-refractivity contribution < 1.29 is 62.6 Å². The van der Waals surface area contributed by atoms with Gasteiger partial charge in [-0.05, 0) is 96.7 Å². The van der Waals surface area contributed by atoms with E-state index < -0.39 is 150 Å². The van der Waals surface area contributed by atoms with E-state index in [9.17, 15) is 57.8 Å². The largest absolute Gasteiger partial charge is 0.391 e. The third kappa shape index (κ3) is 20.6. The van der Waals surface area contributed by atoms with Crippen molar-refractivity contribution in [3.8, 4) is 0 Å². The summed E-state index contributed by atoms with van der Waals surface area (Å²) in [5, 5.41) is 19.2. The van der Waals surface area contributed by atoms with Crippen molar-refractivity contribution in [3.63, 3.8) is 0 Å². The number of aliphatic hydroxyl groups is 1. The predicted molar refractivity (Wildman–Crippen MR) is 343 cm³/mol. The van der Waals surface area contributed by atoms with E-state index in [2.05, 4.69) is 16.0 Å². The van der Waals surface area contributed by atoms with Crippen molar-refractivity contribution in [2.75, 3.05) is 82.6 Å². The fourth-order valence-electron chi connectivity index (χ4n) is 11.4. The smallest absolute Gasteiger partial charge is 0.248 e. The lowest BCUT2D eigenvalue weighted by Gasteiger charge is -2.37. The molecular weight excluding hydrogens is 1170 g/mol. The van der Waals surface area contributed by atoms with E-state index in [0.717, 1.165) is 21.1 Å². The molecule has 0 saturated carbocycles. The van der Waals surface area contributed by atoms with E-state index in [1.54, 1.807) is 72.5 Å². The second-order valence-electron chi connectivity index (χ2n) is 25.7. The summed E-state index contributed by atoms with van der Waals surface area (Å²) in [5.74, 6) is -8.50. The number of benzene rings is 2. The van der Waals surface area contributed by atoms with E-state index >= 15 is 4.79 Å². The minimum Gasteiger partial charge on any atom is -0.391 e. The average molecular weight is 1270 g/mol. The van der Waals surface area contributed by atoms with Gasteiger partial charge in [-0.15, -0.1) is 0 Å². The van der Waals surface area contributed by atoms with E-state index in [1.807, 2.05) is 27.7 Å². The standard InChI is InChI=1S/C66H102N12O13/c1-40(2)33-51-57(82)68-50(63(88)78-31-25-20-26-32-78)37-49(80)38-70(10)43(6)60(85)72(12)44(7)61(86)74(14)52(34-41(3)4)58(83)69-56(46(9)79)66(91)73(13)45(8)62(87)77(17)53(35-47-27-21-18-22-28-47)64(89)71(11)39-55(81)67-42(5)59(84)76(16)54(65(90)75(51)15)36-48-29-23-19-24-30-48/h18-19,21-24,27-30,40-46,50-54,56,79H,20,25-26,31-39H2,1-17H3,(H,67,81)(H,68,82)(H,69,83)/t42-,43+,44-,45-,46+,50-,51-,52-,53-,54-,56-/m0/s1. The first-order valence-electron chi connectivity index (χ1n) is 31.6. The molecule has 2 aromatic carbocycles. The summed E-state index contributed by atoms with van der Waals surface area (Å²) in [6.07, 6.45) is 0.432. The minimum absolute atomic E-state index is 0.0185. The topological polar surface area (TPSA) is 290 Å². The SMILES string of the molecule is CC(C)C[C@H]1C(=O)N[C@@H]([C@@H](C)O)C(=O)N(C)[C@@H](C)C(=O)N(C)[C@@H](Cc2ccccc2)C(=O)N(C)CC(=O)N[C@@H](C)C(=O)N(C)[C@@H](Cc2ccccc2)C(=O)N(C)[C@@H](CC(C)C)C(=O)N[C@H](C(=O)N2CCCCC2)CC(=O)CN(C)[C@H](C)C(=O)N(C)[C@@H](C)C(=O)N1C. The Labute approximate surface area is 537 Å². The number of likely N-dealkylation sites (tertiary alicyclic amines) is 1. The maximum absolute atomic E-state index is 15.1. The average Bonchev–Trinajstić information content (AvgIpc) is 0.937. The van der Waals surface area contributed by atoms with E-state index in [4.69, 9.17) is 0 Å². The second kappa shape index (κ2) is 34.6. The van der Waals surface area contributed by atoms with Gasteiger partial charge in [-0.3, -0.25) is 62.4 Å². The van der Waals surface area contributed by atoms with Crippen LogP contribution in [0.3, 0.4) is 0 Å². The Morgan fingerprint density at radius 2 is 0.901 bits per heavy atom. The third-order valence-corrected chi connectivity index (χ3v) is 17.7. The van der Waals surface area contributed by atoms with Gasteiger partial charge in [0.05, 0.1) is 25.2 Å². The van der Waals surface area contributed by atoms with Crippen LogP contribution in [0.5, 0.6) is 0 Å². The Morgan fingerprint density at radius 3 is 1.37 bits per heavy atom. The van der Waals surface area contributed by atoms with Crippen molar-refractivity contribution >= 4 is 70.8 Å². The molecule has 11 amide bonds. The fourth-order valence-corrected chi connectivity index (χ4v) is 11.4. The predicted octanol–water partition coefficient (Wildman–Crippen LogP) is 1.18. The number of carbonyl (C=O) groups excluding carboxylic acids is 12. The van der Waals surface area contributed by atoms with Crippen LogP contribution in [0.15, 0.2) is 60.7 Å². The van der Waals surface area contributed by atoms with E-state index in [-0.39, 0.29) is 44.1 Å². The van der Waals surface area contributed by atoms with Gasteiger partial charge in [0.1, 0.15) is 60.2 Å². The number of ketones is 1. The van der Waals surface area contributed by atoms with E-state index in [1.165, 1.54) is 109 Å². The highest BCUT2D eigenvalue weighted by molar-refractivity contribution is 5.99. The van der Waals surface area contributed by atoms with Crippen LogP contribution in [0.4, 0.5) is 0 Å². The molecule has 0 bridgehead atoms. The molecule has 25 heteroatoms. The quantitative estimate of drug-likeness (QED) is 0.260. The molecule has 11 atom stereocenters. The first-order valence-corrected chi connectivity index (χ1v) is 31.6. The van der Waals surface area contributed by atoms with Crippen LogP contribution in [-0.2, 0) is 70.4 Å². The van der Waals surface area contributed by atoms with Crippen molar-refractivity contribution in [2.24, 2.45) is 11.8 Å². The molecule has 2 aliphatic heterocycles. The van der Waals surface area contributed by atoms with Gasteiger partial charge < -0.3 is 60.3 Å². The molecule has 91 heavy (non-hydrogen) atoms. The zero-order chi connectivity index (χ0) is 68.5. The number of hydrogen-bond acceptors (Lipinski definition) is 14. The molecule has 2 fully saturated rings. The lowest BCUT2D eigenvalue weighted by molar-refractivity contribution is -0.152. The zero-order valence-electron chi connectivity index (χ0n) is 56.6. The van der Waals surface area contributed by atoms with Crippen LogP contribution in [0.1, 0.15) is 112 Å². The number of Topliss-reactive ketones (excluding diaryl/α,β-unsaturated/α-hetero) is 1. The van der Waals surface area contributed by atoms with Crippen molar-refractivity contribution in [1.82, 2.24) is 60.0 Å². The molecule has 2 heterocycles. The Kier molecular flexibility index (Phi) is 28.7. The van der Waals surface area contributed by atoms with Gasteiger partial charge in [-0.2, -0.15) is 0 Å². The Morgan fingerprint density at radius 1 is 0.484 bits per heavy atom. The van der Waals surface area contributed by atoms with Crippen molar-refractivity contribution in [2.45, 2.75) is 180 Å². The monoisotopic (exact) mass is 1270 g/mol. The summed E-state index contributed by atoms with van der Waals surface area (Å²) >= 11 is 0. The number of piperidine rings is 1. The number of nitrogens with one attached hydrogen (secondary N) is 3. The zero-order valence-corrected chi connectivity index (χ0v) is 56.6. The van der Waals surface area contributed by atoms with Gasteiger partial charge in [0.25, 0.3) is 0 Å². The molecule has 0 unspecified atom stereocenters. The minimum atomic E-state index is -1.64. The highest BCUT2D eigenvalue weighted by Gasteiger charge is 2.43. The summed E-state index contributed by atoms with van der Waals surface area (Å²) in [4.78, 5) is 185. The van der Waals surface area contributed by atoms with Crippen LogP contribution in [0.2, 0.25) is 0 Å². The lowest BCUT2D eigenvalue weighted by atomic mass is 9.98. The van der Waals surface area contributed by atoms with Crippen LogP contribution in [0, 0.1) is 11.8 Å². The Hall–Kier alpha value is -7.80. The molecule has 4 rings (SSSR count). The first kappa shape index (κ1) is 75.7. The Bertz CT molecular complexity index is 2870. The maximum atomic E-state index is 15.1. The normalized spacial score (nSPS) is 26.7. The molecule has 0 radical (unpaired) electrons. The lowest BCUT2D eigenvalue weighted by Crippen LogP contribution is -2.61. The molecule has 0 aliphatic carbocycles. The summed E-state index contributed by atoms with van der Waals surface area (Å²) < 4.78 is 0. The van der Waals surface area contributed by atoms with Gasteiger partial charge in [-0.1, -0.05) is 88.4 Å². The summed E-state index contributed by atoms with van der Waals surface area (Å²) in [6, 6.07) is 4.90. The van der Waals surface area contributed by atoms with Crippen LogP contribution < -0.4 is 16.0 Å². The third-order valence-electron chi connectivity index (χ3n) is 17.7. The molecule has 2 aliphatic rings. The number of amides is 11. The molecule has 4 N–H and O–H groups in total. The van der Waals surface area contributed by atoms with Crippen LogP contribution >= 0.6 is 0 Å². The number of aliphatic hydroxyl groups excluding tert-OH is 1. The number of likely N-dealkylation sites (N-methyl/N-ethyl adjacent to an activating group) is 8. The number of hydrogen-bond donors (Lipinski definition) is 4. The van der Waals surface area contributed by atoms with Gasteiger partial charge in [0, 0.05) is 81.7 Å². The number of rotatable bonds is 10. The maximum Gasteiger partial charge on any atom is 0.248 e. The van der Waals surface area contributed by atoms with Gasteiger partial charge in [-0.25, -0.2) is 0 Å². The molecule has 25 nitrogen and oxygen atoms in total. The first-order chi connectivity index (χ1) is 42.6. The summed E-state index contributed by atoms with van der Waals surface area (Å²) in [5.41, 5.74) is 1.32. The highest BCUT2D eigenvalue weighted by atomic mass is 16.3. The van der Waals surface area contributed by atoms with Gasteiger partial charge >= 0.3 is 0 Å². The molecule has 0 spiro atoms. The molecule has 2 saturated heterocycles. The van der Waals surface area contributed by atoms with Crippen molar-refractivity contribution in [1.29, 1.82) is 0 Å². The number of carbonyl (C=O) groups is 12. The Balaban J connectivity index is 1.84. The fraction of sp³-hybridized carbons (Fsp3) is 0.636. The van der Waals surface area contributed by atoms with Gasteiger partial charge in [0.15, 0.2) is 0 Å². The van der Waals surface area contributed by atoms with Crippen LogP contribution in [-0.4, -0.2) is 269 Å². The molecular formula is C66H102N12O13. The second-order valence-corrected chi connectivity index (χ2v) is 25.7. The molecule has 0 aromatic heterocycles. The van der Waals surface area contributed by atoms with Crippen LogP contribution in [0.25, 0.3) is 0 Å². The number of nitrogens with zero attached hydrogens (tertiary/aromatic N) is 9.